The summed E-state index contributed by atoms with van der Waals surface area (Å²) >= 11 is 1.66. The van der Waals surface area contributed by atoms with Crippen LogP contribution in [-0.2, 0) is 4.74 Å². The smallest absolute Gasteiger partial charge is 0.104 e. The lowest BCUT2D eigenvalue weighted by molar-refractivity contribution is 0.177. The van der Waals surface area contributed by atoms with E-state index in [9.17, 15) is 0 Å². The Hall–Kier alpha value is -0.390. The molecule has 1 aliphatic heterocycles. The van der Waals surface area contributed by atoms with Crippen molar-refractivity contribution in [3.05, 3.63) is 11.2 Å². The van der Waals surface area contributed by atoms with Gasteiger partial charge < -0.3 is 10.2 Å². The summed E-state index contributed by atoms with van der Waals surface area (Å²) in [6, 6.07) is 0. The molecule has 0 saturated heterocycles. The fourth-order valence-corrected chi connectivity index (χ4v) is 2.06. The van der Waals surface area contributed by atoms with Gasteiger partial charge in [-0.1, -0.05) is 64.6 Å². The van der Waals surface area contributed by atoms with Crippen LogP contribution in [0.3, 0.4) is 0 Å². The number of ether oxygens (including phenoxy) is 1. The van der Waals surface area contributed by atoms with E-state index in [1.807, 2.05) is 20.0 Å². The van der Waals surface area contributed by atoms with E-state index in [1.54, 1.807) is 11.8 Å². The van der Waals surface area contributed by atoms with E-state index in [2.05, 4.69) is 23.3 Å². The molecule has 0 bridgehead atoms. The van der Waals surface area contributed by atoms with Gasteiger partial charge in [0.1, 0.15) is 5.03 Å². The molecule has 108 valence electrons. The molecule has 0 unspecified atom stereocenters. The number of nitrogens with one attached hydrogen (secondary N) is 3. The zero-order chi connectivity index (χ0) is 13.5. The highest BCUT2D eigenvalue weighted by Gasteiger charge is 2.01. The minimum absolute atomic E-state index is 0.719. The molecule has 0 aromatic rings. The summed E-state index contributed by atoms with van der Waals surface area (Å²) in [4.78, 5) is 0. The highest BCUT2D eigenvalue weighted by atomic mass is 32.2. The second kappa shape index (κ2) is 14.7. The Morgan fingerprint density at radius 2 is 1.83 bits per heavy atom. The van der Waals surface area contributed by atoms with Gasteiger partial charge in [-0.05, 0) is 6.42 Å². The normalized spacial score (nSPS) is 13.2. The number of hydrogen-bond acceptors (Lipinski definition) is 5. The first-order valence-corrected chi connectivity index (χ1v) is 8.09. The predicted octanol–water partition coefficient (Wildman–Crippen LogP) is 3.49. The molecule has 0 aromatic carbocycles. The van der Waals surface area contributed by atoms with Crippen molar-refractivity contribution in [1.29, 1.82) is 0 Å². The first-order valence-electron chi connectivity index (χ1n) is 7.10. The molecule has 0 amide bonds. The quantitative estimate of drug-likeness (QED) is 0.421. The van der Waals surface area contributed by atoms with Gasteiger partial charge in [0.2, 0.25) is 0 Å². The van der Waals surface area contributed by atoms with Gasteiger partial charge in [0, 0.05) is 12.8 Å². The van der Waals surface area contributed by atoms with Crippen LogP contribution in [0.1, 0.15) is 59.3 Å². The molecule has 0 radical (unpaired) electrons. The Labute approximate surface area is 116 Å². The zero-order valence-corrected chi connectivity index (χ0v) is 12.9. The summed E-state index contributed by atoms with van der Waals surface area (Å²) in [5.41, 5.74) is 8.60. The van der Waals surface area contributed by atoms with Gasteiger partial charge in [-0.15, -0.1) is 0 Å². The van der Waals surface area contributed by atoms with Gasteiger partial charge in [0.15, 0.2) is 0 Å². The molecule has 0 fully saturated rings. The summed E-state index contributed by atoms with van der Waals surface area (Å²) in [6.07, 6.45) is 9.79. The van der Waals surface area contributed by atoms with Crippen LogP contribution in [-0.4, -0.2) is 12.5 Å². The van der Waals surface area contributed by atoms with Crippen molar-refractivity contribution in [2.75, 3.05) is 12.5 Å². The Morgan fingerprint density at radius 3 is 2.50 bits per heavy atom. The molecule has 0 atom stereocenters. The molecule has 0 spiro atoms. The maximum Gasteiger partial charge on any atom is 0.104 e. The molecule has 0 aliphatic carbocycles. The maximum absolute atomic E-state index is 5.53. The van der Waals surface area contributed by atoms with Gasteiger partial charge in [0.05, 0.1) is 5.94 Å². The van der Waals surface area contributed by atoms with E-state index in [-0.39, 0.29) is 0 Å². The van der Waals surface area contributed by atoms with Gasteiger partial charge in [-0.25, -0.2) is 0 Å². The van der Waals surface area contributed by atoms with E-state index in [1.165, 1.54) is 38.5 Å². The third-order valence-electron chi connectivity index (χ3n) is 2.40. The first kappa shape index (κ1) is 17.6. The lowest BCUT2D eigenvalue weighted by Gasteiger charge is -2.04. The Bertz CT molecular complexity index is 201. The van der Waals surface area contributed by atoms with Gasteiger partial charge in [-0.3, -0.25) is 5.43 Å². The van der Waals surface area contributed by atoms with Crippen molar-refractivity contribution in [3.8, 4) is 0 Å². The van der Waals surface area contributed by atoms with Crippen LogP contribution in [0.5, 0.6) is 0 Å². The Balaban J connectivity index is 0.00000137. The Kier molecular flexibility index (Phi) is 14.4. The molecule has 1 heterocycles. The highest BCUT2D eigenvalue weighted by molar-refractivity contribution is 8.02. The van der Waals surface area contributed by atoms with Crippen LogP contribution < -0.4 is 16.4 Å². The fraction of sp³-hybridized carbons (Fsp3) is 0.846. The lowest BCUT2D eigenvalue weighted by atomic mass is 10.1. The average Bonchev–Trinajstić information content (AvgIpc) is 2.92. The molecule has 0 aromatic heterocycles. The lowest BCUT2D eigenvalue weighted by Crippen LogP contribution is -2.31. The molecule has 4 nitrogen and oxygen atoms in total. The average molecular weight is 275 g/mol. The molecular weight excluding hydrogens is 246 g/mol. The van der Waals surface area contributed by atoms with Gasteiger partial charge >= 0.3 is 0 Å². The van der Waals surface area contributed by atoms with Gasteiger partial charge in [-0.2, -0.15) is 5.53 Å². The topological polar surface area (TPSA) is 45.3 Å². The molecule has 5 heteroatoms. The molecule has 1 rings (SSSR count). The van der Waals surface area contributed by atoms with E-state index >= 15 is 0 Å². The molecule has 3 N–H and O–H groups in total. The minimum Gasteiger partial charge on any atom is -0.370 e. The molecular formula is C13H29N3OS. The zero-order valence-electron chi connectivity index (χ0n) is 12.1. The number of rotatable bonds is 10. The van der Waals surface area contributed by atoms with E-state index in [4.69, 9.17) is 4.74 Å². The van der Waals surface area contributed by atoms with Crippen LogP contribution in [0.4, 0.5) is 0 Å². The van der Waals surface area contributed by atoms with E-state index in [0.29, 0.717) is 0 Å². The van der Waals surface area contributed by atoms with E-state index < -0.39 is 0 Å². The van der Waals surface area contributed by atoms with Crippen molar-refractivity contribution in [2.45, 2.75) is 59.3 Å². The standard InChI is InChI=1S/C11H23N3OS.C2H6/c1-2-3-4-5-6-7-8-15-10-16-11-9-12-14-13-11;1-2/h9,12-14H,2-8,10H2,1H3;1-2H3. The van der Waals surface area contributed by atoms with Crippen molar-refractivity contribution in [3.63, 3.8) is 0 Å². The number of thioether (sulfide) groups is 1. The largest absolute Gasteiger partial charge is 0.370 e. The summed E-state index contributed by atoms with van der Waals surface area (Å²) in [7, 11) is 0. The van der Waals surface area contributed by atoms with Gasteiger partial charge in [0.25, 0.3) is 0 Å². The third-order valence-corrected chi connectivity index (χ3v) is 3.22. The van der Waals surface area contributed by atoms with Crippen molar-refractivity contribution in [1.82, 2.24) is 16.4 Å². The fourth-order valence-electron chi connectivity index (χ4n) is 1.46. The highest BCUT2D eigenvalue weighted by Crippen LogP contribution is 2.12. The molecule has 1 aliphatic rings. The number of unbranched alkanes of at least 4 members (excludes halogenated alkanes) is 5. The SMILES string of the molecule is CC.CCCCCCCCOCSC1=CNNN1. The van der Waals surface area contributed by atoms with E-state index in [0.717, 1.165) is 17.6 Å². The van der Waals surface area contributed by atoms with Crippen LogP contribution in [0, 0.1) is 0 Å². The van der Waals surface area contributed by atoms with Crippen LogP contribution >= 0.6 is 11.8 Å². The second-order valence-corrected chi connectivity index (χ2v) is 4.81. The number of hydrazine groups is 2. The summed E-state index contributed by atoms with van der Waals surface area (Å²) in [6.45, 7) is 7.13. The second-order valence-electron chi connectivity index (χ2n) is 3.84. The summed E-state index contributed by atoms with van der Waals surface area (Å²) in [5, 5.41) is 1.07. The van der Waals surface area contributed by atoms with Crippen molar-refractivity contribution in [2.24, 2.45) is 0 Å². The summed E-state index contributed by atoms with van der Waals surface area (Å²) < 4.78 is 5.53. The first-order chi connectivity index (χ1) is 8.93. The third kappa shape index (κ3) is 10.7. The van der Waals surface area contributed by atoms with Crippen LogP contribution in [0.2, 0.25) is 0 Å². The van der Waals surface area contributed by atoms with Crippen LogP contribution in [0.15, 0.2) is 11.2 Å². The molecule has 0 saturated carbocycles. The maximum atomic E-state index is 5.53. The van der Waals surface area contributed by atoms with Crippen molar-refractivity contribution >= 4 is 11.8 Å². The monoisotopic (exact) mass is 275 g/mol. The van der Waals surface area contributed by atoms with Crippen LogP contribution in [0.25, 0.3) is 0 Å². The minimum atomic E-state index is 0.719. The summed E-state index contributed by atoms with van der Waals surface area (Å²) in [5.74, 6) is 0.719. The number of hydrogen-bond donors (Lipinski definition) is 3. The molecule has 18 heavy (non-hydrogen) atoms. The van der Waals surface area contributed by atoms with Crippen molar-refractivity contribution < 1.29 is 4.74 Å². The Morgan fingerprint density at radius 1 is 1.11 bits per heavy atom. The predicted molar refractivity (Wildman–Crippen MR) is 80.6 cm³/mol.